The van der Waals surface area contributed by atoms with Crippen molar-refractivity contribution in [3.63, 3.8) is 0 Å². The van der Waals surface area contributed by atoms with Crippen LogP contribution in [0.1, 0.15) is 36.5 Å². The van der Waals surface area contributed by atoms with Gasteiger partial charge in [0.2, 0.25) is 21.8 Å². The zero-order valence-corrected chi connectivity index (χ0v) is 20.3. The zero-order chi connectivity index (χ0) is 23.9. The van der Waals surface area contributed by atoms with Crippen molar-refractivity contribution in [2.24, 2.45) is 0 Å². The van der Waals surface area contributed by atoms with E-state index in [1.165, 1.54) is 4.31 Å². The first-order valence-electron chi connectivity index (χ1n) is 10.6. The van der Waals surface area contributed by atoms with Gasteiger partial charge in [-0.2, -0.15) is 0 Å². The monoisotopic (exact) mass is 459 g/mol. The molecule has 0 radical (unpaired) electrons. The molecule has 0 spiro atoms. The first kappa shape index (κ1) is 25.4. The topological polar surface area (TPSA) is 86.8 Å². The highest BCUT2D eigenvalue weighted by Gasteiger charge is 2.26. The average molecular weight is 460 g/mol. The van der Waals surface area contributed by atoms with E-state index < -0.39 is 16.1 Å². The van der Waals surface area contributed by atoms with Gasteiger partial charge in [-0.3, -0.25) is 13.9 Å². The predicted octanol–water partition coefficient (Wildman–Crippen LogP) is 3.01. The fraction of sp³-hybridized carbons (Fsp3) is 0.417. The molecule has 0 aliphatic carbocycles. The fourth-order valence-electron chi connectivity index (χ4n) is 3.40. The lowest BCUT2D eigenvalue weighted by Crippen LogP contribution is -2.46. The van der Waals surface area contributed by atoms with E-state index in [1.807, 2.05) is 50.2 Å². The van der Waals surface area contributed by atoms with Crippen molar-refractivity contribution in [2.45, 2.75) is 46.2 Å². The van der Waals surface area contributed by atoms with Gasteiger partial charge in [-0.1, -0.05) is 47.5 Å². The first-order chi connectivity index (χ1) is 15.0. The van der Waals surface area contributed by atoms with E-state index in [9.17, 15) is 18.0 Å². The molecule has 0 saturated heterocycles. The van der Waals surface area contributed by atoms with Crippen LogP contribution in [0.5, 0.6) is 0 Å². The summed E-state index contributed by atoms with van der Waals surface area (Å²) in [6.45, 7) is 6.10. The number of nitrogens with one attached hydrogen (secondary N) is 1. The number of amides is 2. The van der Waals surface area contributed by atoms with Crippen molar-refractivity contribution in [3.8, 4) is 0 Å². The van der Waals surface area contributed by atoms with Gasteiger partial charge in [0.25, 0.3) is 0 Å². The lowest BCUT2D eigenvalue weighted by Gasteiger charge is -2.29. The molecule has 1 N–H and O–H groups in total. The maximum absolute atomic E-state index is 13.1. The molecular weight excluding hydrogens is 426 g/mol. The van der Waals surface area contributed by atoms with E-state index in [0.717, 1.165) is 22.9 Å². The molecule has 0 aliphatic heterocycles. The molecule has 0 aromatic heterocycles. The van der Waals surface area contributed by atoms with Crippen molar-refractivity contribution >= 4 is 27.5 Å². The third-order valence-electron chi connectivity index (χ3n) is 5.36. The molecule has 0 fully saturated rings. The van der Waals surface area contributed by atoms with Crippen LogP contribution in [0.15, 0.2) is 48.5 Å². The Kier molecular flexibility index (Phi) is 8.83. The smallest absolute Gasteiger partial charge is 0.242 e. The SMILES string of the molecule is CNC(=O)C(C)N(Cc1ccc(C)cc1)C(=O)CCCN(c1ccc(C)cc1)S(C)(=O)=O. The van der Waals surface area contributed by atoms with Crippen LogP contribution in [0.4, 0.5) is 5.69 Å². The Morgan fingerprint density at radius 2 is 1.50 bits per heavy atom. The van der Waals surface area contributed by atoms with Gasteiger partial charge in [0, 0.05) is 26.6 Å². The normalized spacial score (nSPS) is 12.2. The second-order valence-corrected chi connectivity index (χ2v) is 9.98. The molecule has 2 aromatic rings. The molecule has 32 heavy (non-hydrogen) atoms. The number of benzene rings is 2. The van der Waals surface area contributed by atoms with Crippen LogP contribution in [-0.2, 0) is 26.2 Å². The van der Waals surface area contributed by atoms with Crippen molar-refractivity contribution in [1.29, 1.82) is 0 Å². The molecule has 2 aromatic carbocycles. The number of carbonyl (C=O) groups excluding carboxylic acids is 2. The van der Waals surface area contributed by atoms with Crippen molar-refractivity contribution in [1.82, 2.24) is 10.2 Å². The molecule has 0 saturated carbocycles. The van der Waals surface area contributed by atoms with Crippen LogP contribution >= 0.6 is 0 Å². The third-order valence-corrected chi connectivity index (χ3v) is 6.56. The van der Waals surface area contributed by atoms with Crippen LogP contribution < -0.4 is 9.62 Å². The second-order valence-electron chi connectivity index (χ2n) is 8.07. The molecule has 7 nitrogen and oxygen atoms in total. The lowest BCUT2D eigenvalue weighted by molar-refractivity contribution is -0.140. The lowest BCUT2D eigenvalue weighted by atomic mass is 10.1. The Morgan fingerprint density at radius 1 is 0.969 bits per heavy atom. The summed E-state index contributed by atoms with van der Waals surface area (Å²) in [5, 5.41) is 2.59. The Labute approximate surface area is 191 Å². The summed E-state index contributed by atoms with van der Waals surface area (Å²) in [6, 6.07) is 14.4. The van der Waals surface area contributed by atoms with Gasteiger partial charge in [0.1, 0.15) is 6.04 Å². The maximum Gasteiger partial charge on any atom is 0.242 e. The Balaban J connectivity index is 2.12. The third kappa shape index (κ3) is 7.09. The quantitative estimate of drug-likeness (QED) is 0.592. The van der Waals surface area contributed by atoms with Crippen LogP contribution in [0.3, 0.4) is 0 Å². The number of rotatable bonds is 10. The van der Waals surface area contributed by atoms with Gasteiger partial charge in [-0.05, 0) is 44.9 Å². The fourth-order valence-corrected chi connectivity index (χ4v) is 4.36. The van der Waals surface area contributed by atoms with E-state index in [4.69, 9.17) is 0 Å². The van der Waals surface area contributed by atoms with Crippen molar-refractivity contribution < 1.29 is 18.0 Å². The minimum absolute atomic E-state index is 0.130. The predicted molar refractivity (Wildman–Crippen MR) is 128 cm³/mol. The molecule has 2 amide bonds. The second kappa shape index (κ2) is 11.1. The van der Waals surface area contributed by atoms with Crippen LogP contribution in [0, 0.1) is 13.8 Å². The Bertz CT molecular complexity index is 1020. The van der Waals surface area contributed by atoms with Gasteiger partial charge in [-0.15, -0.1) is 0 Å². The molecule has 2 rings (SSSR count). The number of likely N-dealkylation sites (N-methyl/N-ethyl adjacent to an activating group) is 1. The Morgan fingerprint density at radius 3 is 2.00 bits per heavy atom. The number of hydrogen-bond donors (Lipinski definition) is 1. The first-order valence-corrected chi connectivity index (χ1v) is 12.5. The highest BCUT2D eigenvalue weighted by Crippen LogP contribution is 2.20. The summed E-state index contributed by atoms with van der Waals surface area (Å²) in [6.07, 6.45) is 1.63. The molecule has 0 bridgehead atoms. The number of hydrogen-bond acceptors (Lipinski definition) is 4. The summed E-state index contributed by atoms with van der Waals surface area (Å²) < 4.78 is 25.9. The molecular formula is C24H33N3O4S. The van der Waals surface area contributed by atoms with Gasteiger partial charge >= 0.3 is 0 Å². The summed E-state index contributed by atoms with van der Waals surface area (Å²) >= 11 is 0. The minimum Gasteiger partial charge on any atom is -0.357 e. The van der Waals surface area contributed by atoms with Crippen molar-refractivity contribution in [2.75, 3.05) is 24.2 Å². The van der Waals surface area contributed by atoms with E-state index in [2.05, 4.69) is 5.32 Å². The van der Waals surface area contributed by atoms with E-state index in [0.29, 0.717) is 18.7 Å². The molecule has 0 heterocycles. The average Bonchev–Trinajstić information content (AvgIpc) is 2.75. The minimum atomic E-state index is -3.49. The number of sulfonamides is 1. The molecule has 1 atom stereocenters. The van der Waals surface area contributed by atoms with E-state index in [1.54, 1.807) is 31.0 Å². The molecule has 1 unspecified atom stereocenters. The number of carbonyl (C=O) groups is 2. The van der Waals surface area contributed by atoms with Gasteiger partial charge < -0.3 is 10.2 Å². The number of aryl methyl sites for hydroxylation is 2. The number of nitrogens with zero attached hydrogens (tertiary/aromatic N) is 2. The highest BCUT2D eigenvalue weighted by molar-refractivity contribution is 7.92. The number of anilines is 1. The van der Waals surface area contributed by atoms with E-state index >= 15 is 0 Å². The summed E-state index contributed by atoms with van der Waals surface area (Å²) in [7, 11) is -1.95. The Hall–Kier alpha value is -2.87. The van der Waals surface area contributed by atoms with Crippen molar-refractivity contribution in [3.05, 3.63) is 65.2 Å². The van der Waals surface area contributed by atoms with Gasteiger partial charge in [0.15, 0.2) is 0 Å². The van der Waals surface area contributed by atoms with E-state index in [-0.39, 0.29) is 24.8 Å². The van der Waals surface area contributed by atoms with Gasteiger partial charge in [-0.25, -0.2) is 8.42 Å². The molecule has 174 valence electrons. The van der Waals surface area contributed by atoms with Crippen LogP contribution in [0.2, 0.25) is 0 Å². The summed E-state index contributed by atoms with van der Waals surface area (Å²) in [4.78, 5) is 26.8. The molecule has 0 aliphatic rings. The van der Waals surface area contributed by atoms with Crippen LogP contribution in [-0.4, -0.2) is 51.0 Å². The van der Waals surface area contributed by atoms with Crippen LogP contribution in [0.25, 0.3) is 0 Å². The largest absolute Gasteiger partial charge is 0.357 e. The maximum atomic E-state index is 13.1. The summed E-state index contributed by atoms with van der Waals surface area (Å²) in [5.41, 5.74) is 3.65. The summed E-state index contributed by atoms with van der Waals surface area (Å²) in [5.74, 6) is -0.443. The standard InChI is InChI=1S/C24H33N3O4S/c1-18-8-12-21(13-9-18)17-26(20(3)24(29)25-4)23(28)7-6-16-27(32(5,30)31)22-14-10-19(2)11-15-22/h8-15,20H,6-7,16-17H2,1-5H3,(H,25,29). The molecule has 8 heteroatoms. The van der Waals surface area contributed by atoms with Gasteiger partial charge in [0.05, 0.1) is 11.9 Å². The highest BCUT2D eigenvalue weighted by atomic mass is 32.2. The zero-order valence-electron chi connectivity index (χ0n) is 19.5.